The number of nitrogens with zero attached hydrogens (tertiary/aromatic N) is 1. The van der Waals surface area contributed by atoms with Gasteiger partial charge in [-0.25, -0.2) is 4.79 Å². The number of fused-ring (bicyclic) bond motifs is 1. The molecule has 0 saturated carbocycles. The van der Waals surface area contributed by atoms with Gasteiger partial charge in [0.2, 0.25) is 0 Å². The number of hydrogen-bond donors (Lipinski definition) is 2. The number of aromatic amines is 1. The number of para-hydroxylation sites is 1. The predicted octanol–water partition coefficient (Wildman–Crippen LogP) is 0.738. The third-order valence-corrected chi connectivity index (χ3v) is 3.84. The van der Waals surface area contributed by atoms with E-state index in [1.165, 1.54) is 16.7 Å². The van der Waals surface area contributed by atoms with Gasteiger partial charge in [0.25, 0.3) is 0 Å². The summed E-state index contributed by atoms with van der Waals surface area (Å²) in [6.45, 7) is 2.28. The third-order valence-electron chi connectivity index (χ3n) is 3.84. The molecule has 2 atom stereocenters. The van der Waals surface area contributed by atoms with Gasteiger partial charge in [-0.3, -0.25) is 14.2 Å². The molecule has 2 aromatic rings. The fourth-order valence-electron chi connectivity index (χ4n) is 2.84. The molecule has 1 aliphatic heterocycles. The van der Waals surface area contributed by atoms with Crippen molar-refractivity contribution in [2.45, 2.75) is 25.5 Å². The van der Waals surface area contributed by atoms with E-state index in [0.29, 0.717) is 18.5 Å². The lowest BCUT2D eigenvalue weighted by Crippen LogP contribution is -2.40. The zero-order valence-electron chi connectivity index (χ0n) is 11.3. The van der Waals surface area contributed by atoms with Crippen LogP contribution in [0, 0.1) is 0 Å². The van der Waals surface area contributed by atoms with Crippen LogP contribution in [0.4, 0.5) is 0 Å². The van der Waals surface area contributed by atoms with Crippen LogP contribution in [-0.4, -0.2) is 33.3 Å². The molecule has 7 heteroatoms. The topological polar surface area (TPSA) is 101 Å². The predicted molar refractivity (Wildman–Crippen MR) is 74.9 cm³/mol. The van der Waals surface area contributed by atoms with Gasteiger partial charge in [-0.15, -0.1) is 0 Å². The molecule has 0 aliphatic carbocycles. The largest absolute Gasteiger partial charge is 0.478 e. The Kier molecular flexibility index (Phi) is 3.13. The summed E-state index contributed by atoms with van der Waals surface area (Å²) < 4.78 is 6.72. The lowest BCUT2D eigenvalue weighted by Gasteiger charge is -2.20. The van der Waals surface area contributed by atoms with Gasteiger partial charge in [-0.05, 0) is 25.5 Å². The van der Waals surface area contributed by atoms with Crippen molar-refractivity contribution < 1.29 is 14.6 Å². The summed E-state index contributed by atoms with van der Waals surface area (Å²) in [4.78, 5) is 37.9. The minimum Gasteiger partial charge on any atom is -0.478 e. The lowest BCUT2D eigenvalue weighted by molar-refractivity contribution is 0.0697. The number of aromatic carboxylic acids is 1. The van der Waals surface area contributed by atoms with Crippen molar-refractivity contribution in [1.82, 2.24) is 9.55 Å². The van der Waals surface area contributed by atoms with Crippen LogP contribution >= 0.6 is 0 Å². The molecule has 110 valence electrons. The van der Waals surface area contributed by atoms with Crippen LogP contribution in [0.15, 0.2) is 27.8 Å². The number of aromatic nitrogens is 2. The molecule has 1 aliphatic rings. The van der Waals surface area contributed by atoms with Crippen molar-refractivity contribution in [3.63, 3.8) is 0 Å². The highest BCUT2D eigenvalue weighted by atomic mass is 16.5. The van der Waals surface area contributed by atoms with Crippen molar-refractivity contribution in [1.29, 1.82) is 0 Å². The van der Waals surface area contributed by atoms with Gasteiger partial charge in [0, 0.05) is 6.61 Å². The maximum Gasteiger partial charge on any atom is 0.337 e. The van der Waals surface area contributed by atoms with E-state index < -0.39 is 17.1 Å². The summed E-state index contributed by atoms with van der Waals surface area (Å²) in [5, 5.41) is 9.34. The molecule has 7 nitrogen and oxygen atoms in total. The van der Waals surface area contributed by atoms with Gasteiger partial charge in [-0.1, -0.05) is 6.07 Å². The molecular weight excluding hydrogens is 276 g/mol. The molecule has 0 bridgehead atoms. The SMILES string of the molecule is CC1OCCC1n1c(=O)c(=O)[nH]c2cccc(C(=O)O)c21. The van der Waals surface area contributed by atoms with Crippen LogP contribution in [0.1, 0.15) is 29.7 Å². The zero-order valence-corrected chi connectivity index (χ0v) is 11.3. The first kappa shape index (κ1) is 13.6. The highest BCUT2D eigenvalue weighted by Crippen LogP contribution is 2.28. The van der Waals surface area contributed by atoms with Crippen LogP contribution in [0.2, 0.25) is 0 Å². The molecule has 1 fully saturated rings. The average molecular weight is 290 g/mol. The number of carboxylic acid groups (broad SMARTS) is 1. The highest BCUT2D eigenvalue weighted by Gasteiger charge is 2.30. The van der Waals surface area contributed by atoms with Crippen molar-refractivity contribution >= 4 is 17.0 Å². The fraction of sp³-hybridized carbons (Fsp3) is 0.357. The van der Waals surface area contributed by atoms with Crippen molar-refractivity contribution in [2.75, 3.05) is 6.61 Å². The van der Waals surface area contributed by atoms with Crippen LogP contribution < -0.4 is 11.1 Å². The van der Waals surface area contributed by atoms with Gasteiger partial charge in [0.15, 0.2) is 0 Å². The van der Waals surface area contributed by atoms with E-state index in [2.05, 4.69) is 4.98 Å². The second-order valence-corrected chi connectivity index (χ2v) is 5.07. The Bertz CT molecular complexity index is 835. The van der Waals surface area contributed by atoms with E-state index in [1.54, 1.807) is 13.0 Å². The van der Waals surface area contributed by atoms with E-state index >= 15 is 0 Å². The minimum absolute atomic E-state index is 0.0139. The van der Waals surface area contributed by atoms with Gasteiger partial charge in [0.05, 0.1) is 28.7 Å². The van der Waals surface area contributed by atoms with Gasteiger partial charge >= 0.3 is 17.1 Å². The second-order valence-electron chi connectivity index (χ2n) is 5.07. The fourth-order valence-corrected chi connectivity index (χ4v) is 2.84. The average Bonchev–Trinajstić information content (AvgIpc) is 2.85. The number of nitrogens with one attached hydrogen (secondary N) is 1. The molecule has 0 spiro atoms. The maximum absolute atomic E-state index is 12.3. The number of carboxylic acids is 1. The Hall–Kier alpha value is -2.41. The normalized spacial score (nSPS) is 21.8. The van der Waals surface area contributed by atoms with Crippen LogP contribution in [0.25, 0.3) is 11.0 Å². The maximum atomic E-state index is 12.3. The summed E-state index contributed by atoms with van der Waals surface area (Å²) in [6, 6.07) is 4.19. The Labute approximate surface area is 118 Å². The minimum atomic E-state index is -1.15. The Morgan fingerprint density at radius 3 is 2.81 bits per heavy atom. The molecule has 1 saturated heterocycles. The molecule has 0 amide bonds. The number of carbonyl (C=O) groups is 1. The first-order valence-corrected chi connectivity index (χ1v) is 6.63. The van der Waals surface area contributed by atoms with E-state index in [4.69, 9.17) is 4.74 Å². The number of rotatable bonds is 2. The molecule has 2 N–H and O–H groups in total. The standard InChI is InChI=1S/C14H14N2O5/c1-7-10(5-6-21-7)16-11-8(14(19)20)3-2-4-9(11)15-12(17)13(16)18/h2-4,7,10H,5-6H2,1H3,(H,15,17)(H,19,20). The second kappa shape index (κ2) is 4.85. The summed E-state index contributed by atoms with van der Waals surface area (Å²) >= 11 is 0. The first-order chi connectivity index (χ1) is 10.0. The lowest BCUT2D eigenvalue weighted by atomic mass is 10.1. The Morgan fingerprint density at radius 1 is 1.43 bits per heavy atom. The smallest absolute Gasteiger partial charge is 0.337 e. The van der Waals surface area contributed by atoms with Crippen LogP contribution in [-0.2, 0) is 4.74 Å². The van der Waals surface area contributed by atoms with E-state index in [1.807, 2.05) is 0 Å². The van der Waals surface area contributed by atoms with Gasteiger partial charge < -0.3 is 14.8 Å². The van der Waals surface area contributed by atoms with Crippen molar-refractivity contribution in [3.05, 3.63) is 44.5 Å². The van der Waals surface area contributed by atoms with Crippen molar-refractivity contribution in [2.24, 2.45) is 0 Å². The monoisotopic (exact) mass is 290 g/mol. The number of hydrogen-bond acceptors (Lipinski definition) is 4. The quantitative estimate of drug-likeness (QED) is 0.794. The first-order valence-electron chi connectivity index (χ1n) is 6.63. The molecule has 2 heterocycles. The molecule has 2 unspecified atom stereocenters. The van der Waals surface area contributed by atoms with E-state index in [0.717, 1.165) is 0 Å². The van der Waals surface area contributed by atoms with Gasteiger partial charge in [0.1, 0.15) is 0 Å². The van der Waals surface area contributed by atoms with Gasteiger partial charge in [-0.2, -0.15) is 0 Å². The number of ether oxygens (including phenoxy) is 1. The highest BCUT2D eigenvalue weighted by molar-refractivity contribution is 6.00. The molecule has 21 heavy (non-hydrogen) atoms. The summed E-state index contributed by atoms with van der Waals surface area (Å²) in [5.74, 6) is -1.15. The van der Waals surface area contributed by atoms with Crippen LogP contribution in [0.5, 0.6) is 0 Å². The molecule has 1 aromatic carbocycles. The molecule has 3 rings (SSSR count). The summed E-state index contributed by atoms with van der Waals surface area (Å²) in [5.41, 5.74) is -0.960. The number of H-pyrrole nitrogens is 1. The molecule has 0 radical (unpaired) electrons. The van der Waals surface area contributed by atoms with Crippen LogP contribution in [0.3, 0.4) is 0 Å². The van der Waals surface area contributed by atoms with E-state index in [-0.39, 0.29) is 23.2 Å². The summed E-state index contributed by atoms with van der Waals surface area (Å²) in [6.07, 6.45) is 0.308. The Balaban J connectivity index is 2.45. The number of benzene rings is 1. The molecular formula is C14H14N2O5. The van der Waals surface area contributed by atoms with Crippen molar-refractivity contribution in [3.8, 4) is 0 Å². The van der Waals surface area contributed by atoms with E-state index in [9.17, 15) is 19.5 Å². The summed E-state index contributed by atoms with van der Waals surface area (Å²) in [7, 11) is 0. The zero-order chi connectivity index (χ0) is 15.1. The Morgan fingerprint density at radius 2 is 2.19 bits per heavy atom. The molecule has 1 aromatic heterocycles. The third kappa shape index (κ3) is 2.06.